The van der Waals surface area contributed by atoms with Gasteiger partial charge in [-0.1, -0.05) is 38.8 Å². The fourth-order valence-electron chi connectivity index (χ4n) is 3.35. The van der Waals surface area contributed by atoms with Crippen LogP contribution in [0.15, 0.2) is 24.5 Å². The van der Waals surface area contributed by atoms with Crippen molar-refractivity contribution >= 4 is 5.95 Å². The molecule has 5 heteroatoms. The van der Waals surface area contributed by atoms with Gasteiger partial charge in [0.1, 0.15) is 6.33 Å². The number of aryl methyl sites for hydroxylation is 2. The second kappa shape index (κ2) is 8.90. The zero-order chi connectivity index (χ0) is 17.5. The zero-order valence-electron chi connectivity index (χ0n) is 15.5. The molecule has 2 heterocycles. The van der Waals surface area contributed by atoms with Crippen molar-refractivity contribution in [1.29, 1.82) is 0 Å². The van der Waals surface area contributed by atoms with Gasteiger partial charge >= 0.3 is 0 Å². The molecule has 0 radical (unpaired) electrons. The molecule has 1 aromatic carbocycles. The van der Waals surface area contributed by atoms with E-state index in [2.05, 4.69) is 52.2 Å². The molecule has 5 nitrogen and oxygen atoms in total. The Hall–Kier alpha value is -2.01. The summed E-state index contributed by atoms with van der Waals surface area (Å²) in [7, 11) is 0. The molecule has 1 aliphatic rings. The summed E-state index contributed by atoms with van der Waals surface area (Å²) in [5, 5.41) is 3.36. The normalized spacial score (nSPS) is 14.7. The highest BCUT2D eigenvalue weighted by Crippen LogP contribution is 2.22. The van der Waals surface area contributed by atoms with E-state index in [1.807, 2.05) is 0 Å². The summed E-state index contributed by atoms with van der Waals surface area (Å²) in [6, 6.07) is 6.69. The molecule has 3 rings (SSSR count). The third kappa shape index (κ3) is 4.54. The standard InChI is InChI=1S/C20H29N5/c1-3-5-6-7-17-8-9-18(14-16(17)4-2)19-22-15-23-20(24-19)25-12-10-21-11-13-25/h8-9,14-15,21H,3-7,10-13H2,1-2H3. The van der Waals surface area contributed by atoms with E-state index in [0.29, 0.717) is 0 Å². The molecule has 0 unspecified atom stereocenters. The number of hydrogen-bond acceptors (Lipinski definition) is 5. The van der Waals surface area contributed by atoms with Crippen LogP contribution in [-0.2, 0) is 12.8 Å². The summed E-state index contributed by atoms with van der Waals surface area (Å²) < 4.78 is 0. The molecule has 0 atom stereocenters. The predicted octanol–water partition coefficient (Wildman–Crippen LogP) is 3.24. The van der Waals surface area contributed by atoms with Gasteiger partial charge in [-0.05, 0) is 36.5 Å². The predicted molar refractivity (Wildman–Crippen MR) is 103 cm³/mol. The summed E-state index contributed by atoms with van der Waals surface area (Å²) in [5.74, 6) is 1.56. The van der Waals surface area contributed by atoms with E-state index < -0.39 is 0 Å². The minimum Gasteiger partial charge on any atom is -0.338 e. The van der Waals surface area contributed by atoms with Crippen LogP contribution >= 0.6 is 0 Å². The fraction of sp³-hybridized carbons (Fsp3) is 0.550. The lowest BCUT2D eigenvalue weighted by Crippen LogP contribution is -2.44. The maximum atomic E-state index is 4.72. The summed E-state index contributed by atoms with van der Waals surface area (Å²) in [6.07, 6.45) is 7.68. The summed E-state index contributed by atoms with van der Waals surface area (Å²) >= 11 is 0. The molecule has 25 heavy (non-hydrogen) atoms. The van der Waals surface area contributed by atoms with E-state index in [4.69, 9.17) is 4.98 Å². The Bertz CT molecular complexity index is 680. The second-order valence-electron chi connectivity index (χ2n) is 6.64. The van der Waals surface area contributed by atoms with Crippen LogP contribution in [0.2, 0.25) is 0 Å². The lowest BCUT2D eigenvalue weighted by atomic mass is 9.97. The van der Waals surface area contributed by atoms with Gasteiger partial charge in [0.2, 0.25) is 5.95 Å². The van der Waals surface area contributed by atoms with Crippen LogP contribution in [0.4, 0.5) is 5.95 Å². The Kier molecular flexibility index (Phi) is 6.34. The van der Waals surface area contributed by atoms with Gasteiger partial charge in [-0.25, -0.2) is 9.97 Å². The van der Waals surface area contributed by atoms with Crippen molar-refractivity contribution in [3.63, 3.8) is 0 Å². The minimum absolute atomic E-state index is 0.776. The van der Waals surface area contributed by atoms with Crippen LogP contribution in [0, 0.1) is 0 Å². The fourth-order valence-corrected chi connectivity index (χ4v) is 3.35. The van der Waals surface area contributed by atoms with Gasteiger partial charge in [0.05, 0.1) is 0 Å². The van der Waals surface area contributed by atoms with Crippen LogP contribution in [0.1, 0.15) is 44.2 Å². The average molecular weight is 339 g/mol. The quantitative estimate of drug-likeness (QED) is 0.785. The third-order valence-electron chi connectivity index (χ3n) is 4.85. The molecule has 1 fully saturated rings. The van der Waals surface area contributed by atoms with E-state index in [-0.39, 0.29) is 0 Å². The number of nitrogens with one attached hydrogen (secondary N) is 1. The number of hydrogen-bond donors (Lipinski definition) is 1. The van der Waals surface area contributed by atoms with Gasteiger partial charge < -0.3 is 10.2 Å². The first-order valence-electron chi connectivity index (χ1n) is 9.58. The third-order valence-corrected chi connectivity index (χ3v) is 4.85. The lowest BCUT2D eigenvalue weighted by molar-refractivity contribution is 0.579. The average Bonchev–Trinajstić information content (AvgIpc) is 2.69. The molecule has 0 aliphatic carbocycles. The Balaban J connectivity index is 1.81. The van der Waals surface area contributed by atoms with Gasteiger partial charge in [0.25, 0.3) is 0 Å². The lowest BCUT2D eigenvalue weighted by Gasteiger charge is -2.27. The summed E-state index contributed by atoms with van der Waals surface area (Å²) in [5.41, 5.74) is 3.98. The van der Waals surface area contributed by atoms with E-state index in [0.717, 1.165) is 49.9 Å². The number of anilines is 1. The molecule has 0 saturated carbocycles. The van der Waals surface area contributed by atoms with Crippen molar-refractivity contribution < 1.29 is 0 Å². The second-order valence-corrected chi connectivity index (χ2v) is 6.64. The molecule has 2 aromatic rings. The Morgan fingerprint density at radius 1 is 1.04 bits per heavy atom. The van der Waals surface area contributed by atoms with Gasteiger partial charge in [-0.3, -0.25) is 0 Å². The first-order valence-corrected chi connectivity index (χ1v) is 9.58. The number of aromatic nitrogens is 3. The maximum Gasteiger partial charge on any atom is 0.228 e. The summed E-state index contributed by atoms with van der Waals surface area (Å²) in [4.78, 5) is 15.7. The number of unbranched alkanes of at least 4 members (excludes halogenated alkanes) is 2. The Morgan fingerprint density at radius 3 is 2.64 bits per heavy atom. The highest BCUT2D eigenvalue weighted by atomic mass is 15.3. The number of rotatable bonds is 7. The highest BCUT2D eigenvalue weighted by Gasteiger charge is 2.14. The molecule has 134 valence electrons. The number of piperazine rings is 1. The van der Waals surface area contributed by atoms with E-state index in [9.17, 15) is 0 Å². The van der Waals surface area contributed by atoms with Crippen LogP contribution in [-0.4, -0.2) is 41.1 Å². The van der Waals surface area contributed by atoms with Gasteiger partial charge in [-0.15, -0.1) is 0 Å². The zero-order valence-corrected chi connectivity index (χ0v) is 15.5. The van der Waals surface area contributed by atoms with Crippen LogP contribution < -0.4 is 10.2 Å². The van der Waals surface area contributed by atoms with Gasteiger partial charge in [0.15, 0.2) is 5.82 Å². The van der Waals surface area contributed by atoms with Crippen LogP contribution in [0.3, 0.4) is 0 Å². The molecule has 1 saturated heterocycles. The van der Waals surface area contributed by atoms with E-state index in [1.54, 1.807) is 6.33 Å². The Morgan fingerprint density at radius 2 is 1.88 bits per heavy atom. The molecule has 1 aromatic heterocycles. The van der Waals surface area contributed by atoms with Crippen molar-refractivity contribution in [3.8, 4) is 11.4 Å². The maximum absolute atomic E-state index is 4.72. The first-order chi connectivity index (χ1) is 12.3. The van der Waals surface area contributed by atoms with E-state index in [1.165, 1.54) is 36.8 Å². The molecule has 1 N–H and O–H groups in total. The molecule has 0 amide bonds. The summed E-state index contributed by atoms with van der Waals surface area (Å²) in [6.45, 7) is 8.32. The topological polar surface area (TPSA) is 53.9 Å². The molecule has 0 spiro atoms. The largest absolute Gasteiger partial charge is 0.338 e. The van der Waals surface area contributed by atoms with Crippen molar-refractivity contribution in [1.82, 2.24) is 20.3 Å². The number of nitrogens with zero attached hydrogens (tertiary/aromatic N) is 4. The van der Waals surface area contributed by atoms with Gasteiger partial charge in [0, 0.05) is 31.7 Å². The van der Waals surface area contributed by atoms with Crippen molar-refractivity contribution in [3.05, 3.63) is 35.7 Å². The van der Waals surface area contributed by atoms with Crippen molar-refractivity contribution in [2.24, 2.45) is 0 Å². The molecular formula is C20H29N5. The van der Waals surface area contributed by atoms with E-state index >= 15 is 0 Å². The van der Waals surface area contributed by atoms with Crippen LogP contribution in [0.5, 0.6) is 0 Å². The van der Waals surface area contributed by atoms with Crippen molar-refractivity contribution in [2.45, 2.75) is 46.0 Å². The molecular weight excluding hydrogens is 310 g/mol. The monoisotopic (exact) mass is 339 g/mol. The molecule has 0 bridgehead atoms. The smallest absolute Gasteiger partial charge is 0.228 e. The minimum atomic E-state index is 0.776. The number of benzene rings is 1. The SMILES string of the molecule is CCCCCc1ccc(-c2ncnc(N3CCNCC3)n2)cc1CC. The first kappa shape index (κ1) is 17.8. The molecule has 1 aliphatic heterocycles. The van der Waals surface area contributed by atoms with Crippen molar-refractivity contribution in [2.75, 3.05) is 31.1 Å². The Labute approximate surface area is 150 Å². The highest BCUT2D eigenvalue weighted by molar-refractivity contribution is 5.58. The van der Waals surface area contributed by atoms with Crippen LogP contribution in [0.25, 0.3) is 11.4 Å². The van der Waals surface area contributed by atoms with Gasteiger partial charge in [-0.2, -0.15) is 4.98 Å².